The van der Waals surface area contributed by atoms with Crippen LogP contribution in [0.5, 0.6) is 5.75 Å². The van der Waals surface area contributed by atoms with Crippen molar-refractivity contribution in [1.82, 2.24) is 4.90 Å². The predicted octanol–water partition coefficient (Wildman–Crippen LogP) is 1.78. The summed E-state index contributed by atoms with van der Waals surface area (Å²) in [5.41, 5.74) is 0.978. The third-order valence-electron chi connectivity index (χ3n) is 2.76. The molecule has 1 N–H and O–H groups in total. The molecule has 1 unspecified atom stereocenters. The quantitative estimate of drug-likeness (QED) is 0.778. The summed E-state index contributed by atoms with van der Waals surface area (Å²) in [4.78, 5) is 12.5. The second-order valence-electron chi connectivity index (χ2n) is 3.96. The summed E-state index contributed by atoms with van der Waals surface area (Å²) in [5, 5.41) is 8.87. The van der Waals surface area contributed by atoms with Gasteiger partial charge in [0.2, 0.25) is 0 Å². The number of carboxylic acid groups (broad SMARTS) is 1. The molecule has 1 atom stereocenters. The number of hydrogen-bond donors (Lipinski definition) is 1. The summed E-state index contributed by atoms with van der Waals surface area (Å²) in [6.45, 7) is 2.14. The van der Waals surface area contributed by atoms with E-state index in [0.717, 1.165) is 11.3 Å². The number of terminal acetylenes is 1. The Hall–Kier alpha value is -1.99. The van der Waals surface area contributed by atoms with E-state index in [1.54, 1.807) is 12.0 Å². The number of hydrogen-bond acceptors (Lipinski definition) is 3. The van der Waals surface area contributed by atoms with E-state index in [4.69, 9.17) is 16.3 Å². The van der Waals surface area contributed by atoms with Crippen LogP contribution in [-0.2, 0) is 4.79 Å². The molecule has 0 fully saturated rings. The highest BCUT2D eigenvalue weighted by atomic mass is 16.5. The van der Waals surface area contributed by atoms with Gasteiger partial charge in [-0.05, 0) is 24.6 Å². The number of rotatable bonds is 6. The average molecular weight is 247 g/mol. The molecule has 0 spiro atoms. The van der Waals surface area contributed by atoms with Crippen LogP contribution in [-0.4, -0.2) is 36.2 Å². The van der Waals surface area contributed by atoms with Gasteiger partial charge in [0.25, 0.3) is 0 Å². The monoisotopic (exact) mass is 247 g/mol. The van der Waals surface area contributed by atoms with Gasteiger partial charge in [0.1, 0.15) is 5.75 Å². The van der Waals surface area contributed by atoms with Crippen LogP contribution < -0.4 is 4.74 Å². The van der Waals surface area contributed by atoms with Crippen LogP contribution >= 0.6 is 0 Å². The summed E-state index contributed by atoms with van der Waals surface area (Å²) in [6.07, 6.45) is 5.27. The molecule has 0 aliphatic rings. The Bertz CT molecular complexity index is 451. The van der Waals surface area contributed by atoms with Gasteiger partial charge in [0.15, 0.2) is 0 Å². The molecule has 0 aliphatic heterocycles. The van der Waals surface area contributed by atoms with E-state index in [-0.39, 0.29) is 12.6 Å². The molecule has 4 heteroatoms. The molecule has 0 aromatic heterocycles. The topological polar surface area (TPSA) is 49.8 Å². The molecule has 0 saturated heterocycles. The Balaban J connectivity index is 2.90. The summed E-state index contributed by atoms with van der Waals surface area (Å²) >= 11 is 0. The molecular formula is C14H17NO3. The third-order valence-corrected chi connectivity index (χ3v) is 2.76. The third kappa shape index (κ3) is 3.79. The van der Waals surface area contributed by atoms with Crippen molar-refractivity contribution in [2.24, 2.45) is 0 Å². The molecule has 1 aromatic rings. The lowest BCUT2D eigenvalue weighted by Crippen LogP contribution is -2.32. The van der Waals surface area contributed by atoms with Gasteiger partial charge >= 0.3 is 5.97 Å². The fraction of sp³-hybridized carbons (Fsp3) is 0.357. The minimum Gasteiger partial charge on any atom is -0.497 e. The van der Waals surface area contributed by atoms with Crippen LogP contribution in [0.3, 0.4) is 0 Å². The van der Waals surface area contributed by atoms with Gasteiger partial charge in [0.05, 0.1) is 20.2 Å². The SMILES string of the molecule is C#CCN(CC(=O)O)C(C)c1cccc(OC)c1. The molecule has 0 bridgehead atoms. The first-order chi connectivity index (χ1) is 8.58. The van der Waals surface area contributed by atoms with Crippen LogP contribution in [0, 0.1) is 12.3 Å². The van der Waals surface area contributed by atoms with Crippen molar-refractivity contribution in [2.45, 2.75) is 13.0 Å². The average Bonchev–Trinajstić information content (AvgIpc) is 2.37. The standard InChI is InChI=1S/C14H17NO3/c1-4-8-15(10-14(16)17)11(2)12-6-5-7-13(9-12)18-3/h1,5-7,9,11H,8,10H2,2-3H3,(H,16,17). The normalized spacial score (nSPS) is 11.9. The maximum atomic E-state index is 10.8. The Labute approximate surface area is 107 Å². The van der Waals surface area contributed by atoms with Crippen molar-refractivity contribution in [3.63, 3.8) is 0 Å². The van der Waals surface area contributed by atoms with Crippen molar-refractivity contribution in [3.8, 4) is 18.1 Å². The number of nitrogens with zero attached hydrogens (tertiary/aromatic N) is 1. The van der Waals surface area contributed by atoms with Gasteiger partial charge in [-0.15, -0.1) is 6.42 Å². The lowest BCUT2D eigenvalue weighted by Gasteiger charge is -2.26. The maximum absolute atomic E-state index is 10.8. The van der Waals surface area contributed by atoms with Crippen molar-refractivity contribution in [1.29, 1.82) is 0 Å². The Morgan fingerprint density at radius 1 is 1.61 bits per heavy atom. The van der Waals surface area contributed by atoms with Crippen molar-refractivity contribution < 1.29 is 14.6 Å². The fourth-order valence-electron chi connectivity index (χ4n) is 1.73. The van der Waals surface area contributed by atoms with Gasteiger partial charge in [0, 0.05) is 6.04 Å². The van der Waals surface area contributed by atoms with Crippen LogP contribution in [0.25, 0.3) is 0 Å². The zero-order valence-electron chi connectivity index (χ0n) is 10.6. The predicted molar refractivity (Wildman–Crippen MR) is 69.5 cm³/mol. The Morgan fingerprint density at radius 3 is 2.89 bits per heavy atom. The van der Waals surface area contributed by atoms with Crippen LogP contribution in [0.4, 0.5) is 0 Å². The van der Waals surface area contributed by atoms with Crippen molar-refractivity contribution >= 4 is 5.97 Å². The maximum Gasteiger partial charge on any atom is 0.317 e. The van der Waals surface area contributed by atoms with Gasteiger partial charge in [-0.2, -0.15) is 0 Å². The van der Waals surface area contributed by atoms with Gasteiger partial charge < -0.3 is 9.84 Å². The molecular weight excluding hydrogens is 230 g/mol. The Kier molecular flexibility index (Phi) is 5.22. The van der Waals surface area contributed by atoms with E-state index in [1.165, 1.54) is 0 Å². The molecule has 0 amide bonds. The van der Waals surface area contributed by atoms with Crippen LogP contribution in [0.15, 0.2) is 24.3 Å². The number of ether oxygens (including phenoxy) is 1. The molecule has 96 valence electrons. The molecule has 1 aromatic carbocycles. The minimum atomic E-state index is -0.889. The van der Waals surface area contributed by atoms with Crippen molar-refractivity contribution in [3.05, 3.63) is 29.8 Å². The molecule has 1 rings (SSSR count). The zero-order valence-corrected chi connectivity index (χ0v) is 10.6. The zero-order chi connectivity index (χ0) is 13.5. The van der Waals surface area contributed by atoms with Gasteiger partial charge in [-0.25, -0.2) is 0 Å². The second-order valence-corrected chi connectivity index (χ2v) is 3.96. The van der Waals surface area contributed by atoms with E-state index in [2.05, 4.69) is 5.92 Å². The Morgan fingerprint density at radius 2 is 2.33 bits per heavy atom. The summed E-state index contributed by atoms with van der Waals surface area (Å²) in [7, 11) is 1.60. The molecule has 18 heavy (non-hydrogen) atoms. The lowest BCUT2D eigenvalue weighted by molar-refractivity contribution is -0.138. The first-order valence-electron chi connectivity index (χ1n) is 5.61. The van der Waals surface area contributed by atoms with E-state index >= 15 is 0 Å². The van der Waals surface area contributed by atoms with E-state index in [0.29, 0.717) is 6.54 Å². The summed E-state index contributed by atoms with van der Waals surface area (Å²) < 4.78 is 5.15. The smallest absolute Gasteiger partial charge is 0.317 e. The van der Waals surface area contributed by atoms with Crippen LogP contribution in [0.2, 0.25) is 0 Å². The van der Waals surface area contributed by atoms with E-state index in [1.807, 2.05) is 31.2 Å². The van der Waals surface area contributed by atoms with Crippen molar-refractivity contribution in [2.75, 3.05) is 20.2 Å². The largest absolute Gasteiger partial charge is 0.497 e. The number of benzene rings is 1. The van der Waals surface area contributed by atoms with E-state index < -0.39 is 5.97 Å². The molecule has 0 saturated carbocycles. The first-order valence-corrected chi connectivity index (χ1v) is 5.61. The fourth-order valence-corrected chi connectivity index (χ4v) is 1.73. The highest BCUT2D eigenvalue weighted by molar-refractivity contribution is 5.69. The first kappa shape index (κ1) is 14.1. The summed E-state index contributed by atoms with van der Waals surface area (Å²) in [6, 6.07) is 7.46. The lowest BCUT2D eigenvalue weighted by atomic mass is 10.1. The second kappa shape index (κ2) is 6.67. The molecule has 0 aliphatic carbocycles. The number of carbonyl (C=O) groups is 1. The molecule has 0 heterocycles. The van der Waals surface area contributed by atoms with Crippen LogP contribution in [0.1, 0.15) is 18.5 Å². The number of aliphatic carboxylic acids is 1. The summed E-state index contributed by atoms with van der Waals surface area (Å²) in [5.74, 6) is 2.34. The van der Waals surface area contributed by atoms with Gasteiger partial charge in [-0.1, -0.05) is 18.1 Å². The highest BCUT2D eigenvalue weighted by Crippen LogP contribution is 2.23. The molecule has 0 radical (unpaired) electrons. The molecule has 4 nitrogen and oxygen atoms in total. The number of carboxylic acids is 1. The van der Waals surface area contributed by atoms with Gasteiger partial charge in [-0.3, -0.25) is 9.69 Å². The number of methoxy groups -OCH3 is 1. The highest BCUT2D eigenvalue weighted by Gasteiger charge is 2.17. The van der Waals surface area contributed by atoms with E-state index in [9.17, 15) is 4.79 Å². The minimum absolute atomic E-state index is 0.0766.